The SMILES string of the molecule is COc1cc(C(O)c2cc(Cl)ccc2Cl)ccc1F. The second kappa shape index (κ2) is 5.78. The van der Waals surface area contributed by atoms with Crippen molar-refractivity contribution >= 4 is 23.2 Å². The number of rotatable bonds is 3. The van der Waals surface area contributed by atoms with Crippen molar-refractivity contribution in [2.45, 2.75) is 6.10 Å². The zero-order chi connectivity index (χ0) is 14.0. The molecule has 1 unspecified atom stereocenters. The van der Waals surface area contributed by atoms with Crippen LogP contribution in [0, 0.1) is 5.82 Å². The van der Waals surface area contributed by atoms with Crippen LogP contribution in [0.2, 0.25) is 10.0 Å². The molecule has 1 N–H and O–H groups in total. The number of aliphatic hydroxyl groups is 1. The van der Waals surface area contributed by atoms with Gasteiger partial charge in [0.25, 0.3) is 0 Å². The molecule has 0 aliphatic rings. The third-order valence-electron chi connectivity index (χ3n) is 2.74. The lowest BCUT2D eigenvalue weighted by molar-refractivity contribution is 0.219. The Balaban J connectivity index is 2.43. The summed E-state index contributed by atoms with van der Waals surface area (Å²) in [7, 11) is 1.36. The van der Waals surface area contributed by atoms with E-state index < -0.39 is 11.9 Å². The molecule has 0 amide bonds. The van der Waals surface area contributed by atoms with Gasteiger partial charge in [-0.15, -0.1) is 0 Å². The first-order valence-electron chi connectivity index (χ1n) is 5.49. The van der Waals surface area contributed by atoms with Crippen LogP contribution in [0.3, 0.4) is 0 Å². The van der Waals surface area contributed by atoms with Crippen LogP contribution >= 0.6 is 23.2 Å². The molecule has 0 aromatic heterocycles. The van der Waals surface area contributed by atoms with Crippen LogP contribution in [0.5, 0.6) is 5.75 Å². The van der Waals surface area contributed by atoms with Crippen LogP contribution in [0.25, 0.3) is 0 Å². The van der Waals surface area contributed by atoms with Gasteiger partial charge in [0.15, 0.2) is 11.6 Å². The zero-order valence-corrected chi connectivity index (χ0v) is 11.5. The highest BCUT2D eigenvalue weighted by atomic mass is 35.5. The van der Waals surface area contributed by atoms with E-state index in [2.05, 4.69) is 0 Å². The summed E-state index contributed by atoms with van der Waals surface area (Å²) < 4.78 is 18.2. The highest BCUT2D eigenvalue weighted by Crippen LogP contribution is 2.32. The molecule has 0 heterocycles. The molecule has 2 nitrogen and oxygen atoms in total. The second-order valence-corrected chi connectivity index (χ2v) is 4.81. The van der Waals surface area contributed by atoms with Gasteiger partial charge in [0.05, 0.1) is 7.11 Å². The van der Waals surface area contributed by atoms with Gasteiger partial charge in [-0.05, 0) is 35.9 Å². The lowest BCUT2D eigenvalue weighted by Crippen LogP contribution is -2.02. The van der Waals surface area contributed by atoms with Crippen LogP contribution in [0.4, 0.5) is 4.39 Å². The monoisotopic (exact) mass is 300 g/mol. The average Bonchev–Trinajstić information content (AvgIpc) is 2.41. The molecule has 0 aliphatic carbocycles. The van der Waals surface area contributed by atoms with E-state index in [0.717, 1.165) is 0 Å². The topological polar surface area (TPSA) is 29.5 Å². The van der Waals surface area contributed by atoms with Crippen molar-refractivity contribution in [3.63, 3.8) is 0 Å². The summed E-state index contributed by atoms with van der Waals surface area (Å²) in [5.74, 6) is -0.426. The molecule has 2 aromatic carbocycles. The van der Waals surface area contributed by atoms with Gasteiger partial charge in [0, 0.05) is 15.6 Å². The Kier molecular flexibility index (Phi) is 4.30. The molecular formula is C14H11Cl2FO2. The fourth-order valence-corrected chi connectivity index (χ4v) is 2.15. The second-order valence-electron chi connectivity index (χ2n) is 3.96. The van der Waals surface area contributed by atoms with E-state index in [4.69, 9.17) is 27.9 Å². The number of benzene rings is 2. The van der Waals surface area contributed by atoms with Crippen LogP contribution in [0.1, 0.15) is 17.2 Å². The maximum absolute atomic E-state index is 13.3. The number of hydrogen-bond acceptors (Lipinski definition) is 2. The molecule has 0 fully saturated rings. The van der Waals surface area contributed by atoms with Crippen LogP contribution in [0.15, 0.2) is 36.4 Å². The molecule has 0 radical (unpaired) electrons. The maximum atomic E-state index is 13.3. The predicted octanol–water partition coefficient (Wildman–Crippen LogP) is 4.22. The summed E-state index contributed by atoms with van der Waals surface area (Å²) in [6.45, 7) is 0. The standard InChI is InChI=1S/C14H11Cl2FO2/c1-19-13-6-8(2-5-12(13)17)14(18)10-7-9(15)3-4-11(10)16/h2-7,14,18H,1H3. The number of halogens is 3. The van der Waals surface area contributed by atoms with Crippen molar-refractivity contribution in [1.29, 1.82) is 0 Å². The molecule has 1 atom stereocenters. The van der Waals surface area contributed by atoms with Gasteiger partial charge in [-0.25, -0.2) is 4.39 Å². The number of aliphatic hydroxyl groups excluding tert-OH is 1. The quantitative estimate of drug-likeness (QED) is 0.919. The minimum Gasteiger partial charge on any atom is -0.494 e. The van der Waals surface area contributed by atoms with Crippen molar-refractivity contribution in [2.75, 3.05) is 7.11 Å². The Morgan fingerprint density at radius 2 is 1.89 bits per heavy atom. The first-order valence-corrected chi connectivity index (χ1v) is 6.25. The Morgan fingerprint density at radius 1 is 1.16 bits per heavy atom. The summed E-state index contributed by atoms with van der Waals surface area (Å²) >= 11 is 11.9. The molecule has 0 aliphatic heterocycles. The molecule has 100 valence electrons. The highest BCUT2D eigenvalue weighted by molar-refractivity contribution is 6.33. The van der Waals surface area contributed by atoms with Gasteiger partial charge in [-0.3, -0.25) is 0 Å². The summed E-state index contributed by atoms with van der Waals surface area (Å²) in [4.78, 5) is 0. The molecule has 2 aromatic rings. The highest BCUT2D eigenvalue weighted by Gasteiger charge is 2.16. The smallest absolute Gasteiger partial charge is 0.165 e. The lowest BCUT2D eigenvalue weighted by atomic mass is 10.0. The van der Waals surface area contributed by atoms with E-state index >= 15 is 0 Å². The molecule has 0 saturated carbocycles. The summed E-state index contributed by atoms with van der Waals surface area (Å²) in [5.41, 5.74) is 0.935. The molecule has 2 rings (SSSR count). The summed E-state index contributed by atoms with van der Waals surface area (Å²) in [6, 6.07) is 8.94. The first-order chi connectivity index (χ1) is 9.02. The molecule has 19 heavy (non-hydrogen) atoms. The van der Waals surface area contributed by atoms with E-state index in [0.29, 0.717) is 21.2 Å². The fourth-order valence-electron chi connectivity index (χ4n) is 1.75. The van der Waals surface area contributed by atoms with Crippen molar-refractivity contribution in [3.05, 3.63) is 63.4 Å². The Bertz CT molecular complexity index is 602. The van der Waals surface area contributed by atoms with Crippen LogP contribution in [-0.2, 0) is 0 Å². The number of ether oxygens (including phenoxy) is 1. The Hall–Kier alpha value is -1.29. The van der Waals surface area contributed by atoms with Gasteiger partial charge in [0.2, 0.25) is 0 Å². The van der Waals surface area contributed by atoms with Crippen molar-refractivity contribution < 1.29 is 14.2 Å². The normalized spacial score (nSPS) is 12.3. The first kappa shape index (κ1) is 14.1. The summed E-state index contributed by atoms with van der Waals surface area (Å²) in [5, 5.41) is 11.1. The van der Waals surface area contributed by atoms with Crippen LogP contribution < -0.4 is 4.74 Å². The van der Waals surface area contributed by atoms with E-state index in [-0.39, 0.29) is 5.75 Å². The molecule has 0 spiro atoms. The Labute approximate surface area is 120 Å². The minimum atomic E-state index is -0.999. The molecule has 0 bridgehead atoms. The molecule has 0 saturated heterocycles. The number of hydrogen-bond donors (Lipinski definition) is 1. The fraction of sp³-hybridized carbons (Fsp3) is 0.143. The van der Waals surface area contributed by atoms with Crippen molar-refractivity contribution in [2.24, 2.45) is 0 Å². The zero-order valence-electron chi connectivity index (χ0n) is 10.0. The molecule has 5 heteroatoms. The van der Waals surface area contributed by atoms with E-state index in [9.17, 15) is 9.50 Å². The minimum absolute atomic E-state index is 0.0645. The van der Waals surface area contributed by atoms with E-state index in [1.54, 1.807) is 18.2 Å². The van der Waals surface area contributed by atoms with Gasteiger partial charge in [-0.2, -0.15) is 0 Å². The molecular weight excluding hydrogens is 290 g/mol. The van der Waals surface area contributed by atoms with Gasteiger partial charge < -0.3 is 9.84 Å². The number of methoxy groups -OCH3 is 1. The predicted molar refractivity (Wildman–Crippen MR) is 73.5 cm³/mol. The largest absolute Gasteiger partial charge is 0.494 e. The average molecular weight is 301 g/mol. The summed E-state index contributed by atoms with van der Waals surface area (Å²) in [6.07, 6.45) is -0.999. The third kappa shape index (κ3) is 3.00. The van der Waals surface area contributed by atoms with E-state index in [1.165, 1.54) is 25.3 Å². The Morgan fingerprint density at radius 3 is 2.58 bits per heavy atom. The van der Waals surface area contributed by atoms with Crippen molar-refractivity contribution in [3.8, 4) is 5.75 Å². The van der Waals surface area contributed by atoms with Gasteiger partial charge >= 0.3 is 0 Å². The maximum Gasteiger partial charge on any atom is 0.165 e. The van der Waals surface area contributed by atoms with Crippen molar-refractivity contribution in [1.82, 2.24) is 0 Å². The van der Waals surface area contributed by atoms with Crippen LogP contribution in [-0.4, -0.2) is 12.2 Å². The van der Waals surface area contributed by atoms with Gasteiger partial charge in [-0.1, -0.05) is 29.3 Å². The lowest BCUT2D eigenvalue weighted by Gasteiger charge is -2.14. The van der Waals surface area contributed by atoms with E-state index in [1.807, 2.05) is 0 Å². The van der Waals surface area contributed by atoms with Gasteiger partial charge in [0.1, 0.15) is 6.10 Å². The third-order valence-corrected chi connectivity index (χ3v) is 3.32.